The van der Waals surface area contributed by atoms with E-state index in [1.54, 1.807) is 43.3 Å². The lowest BCUT2D eigenvalue weighted by atomic mass is 9.93. The van der Waals surface area contributed by atoms with Gasteiger partial charge in [-0.1, -0.05) is 77.8 Å². The zero-order valence-electron chi connectivity index (χ0n) is 37.5. The quantitative estimate of drug-likeness (QED) is 0.127. The number of rotatable bonds is 13. The number of ether oxygens (including phenoxy) is 1. The lowest BCUT2D eigenvalue weighted by molar-refractivity contribution is -0.145. The second kappa shape index (κ2) is 22.8. The summed E-state index contributed by atoms with van der Waals surface area (Å²) in [4.78, 5) is 68.5. The van der Waals surface area contributed by atoms with E-state index in [1.807, 2.05) is 117 Å². The number of imidazole rings is 1. The summed E-state index contributed by atoms with van der Waals surface area (Å²) in [5.41, 5.74) is 4.29. The summed E-state index contributed by atoms with van der Waals surface area (Å²) in [7, 11) is 7.55. The number of carbonyl (C=O) groups is 4. The maximum atomic E-state index is 14.9. The van der Waals surface area contributed by atoms with Gasteiger partial charge in [-0.25, -0.2) is 4.98 Å². The van der Waals surface area contributed by atoms with Gasteiger partial charge in [-0.15, -0.1) is 0 Å². The van der Waals surface area contributed by atoms with E-state index in [0.29, 0.717) is 46.5 Å². The highest BCUT2D eigenvalue weighted by Crippen LogP contribution is 2.32. The van der Waals surface area contributed by atoms with E-state index in [0.717, 1.165) is 28.2 Å². The van der Waals surface area contributed by atoms with Crippen LogP contribution in [0.5, 0.6) is 11.5 Å². The number of aromatic nitrogens is 2. The fraction of sp³-hybridized carbons (Fsp3) is 0.340. The number of hydrogen-bond donors (Lipinski definition) is 2. The predicted octanol–water partition coefficient (Wildman–Crippen LogP) is 7.14. The molecule has 0 spiro atoms. The molecule has 1 aliphatic heterocycles. The molecule has 0 aliphatic carbocycles. The number of halogens is 2. The molecule has 342 valence electrons. The average molecular weight is 923 g/mol. The second-order valence-corrected chi connectivity index (χ2v) is 17.5. The van der Waals surface area contributed by atoms with E-state index >= 15 is 0 Å². The summed E-state index contributed by atoms with van der Waals surface area (Å²) >= 11 is 12.7. The molecule has 1 saturated heterocycles. The summed E-state index contributed by atoms with van der Waals surface area (Å²) < 4.78 is 8.50. The van der Waals surface area contributed by atoms with Crippen molar-refractivity contribution in [3.63, 3.8) is 0 Å². The summed E-state index contributed by atoms with van der Waals surface area (Å²) in [6.45, 7) is 1.97. The van der Waals surface area contributed by atoms with Crippen molar-refractivity contribution in [2.24, 2.45) is 13.0 Å². The van der Waals surface area contributed by atoms with Crippen LogP contribution in [0.2, 0.25) is 10.0 Å². The molecule has 3 atom stereocenters. The van der Waals surface area contributed by atoms with Crippen LogP contribution in [0, 0.1) is 5.92 Å². The molecular weight excluding hydrogens is 865 g/mol. The molecule has 2 heterocycles. The van der Waals surface area contributed by atoms with Crippen LogP contribution >= 0.6 is 23.2 Å². The molecule has 6 rings (SSSR count). The molecule has 65 heavy (non-hydrogen) atoms. The van der Waals surface area contributed by atoms with Gasteiger partial charge in [0.15, 0.2) is 0 Å². The first kappa shape index (κ1) is 48.5. The van der Waals surface area contributed by atoms with E-state index in [4.69, 9.17) is 27.9 Å². The molecule has 1 fully saturated rings. The van der Waals surface area contributed by atoms with Crippen molar-refractivity contribution in [3.05, 3.63) is 148 Å². The van der Waals surface area contributed by atoms with Crippen LogP contribution in [-0.2, 0) is 52.2 Å². The zero-order valence-corrected chi connectivity index (χ0v) is 39.0. The lowest BCUT2D eigenvalue weighted by Gasteiger charge is -2.32. The minimum Gasteiger partial charge on any atom is -0.457 e. The molecule has 1 aliphatic rings. The average Bonchev–Trinajstić information content (AvgIpc) is 3.65. The van der Waals surface area contributed by atoms with Gasteiger partial charge >= 0.3 is 0 Å². The number of aliphatic hydroxyl groups is 1. The van der Waals surface area contributed by atoms with Crippen LogP contribution in [-0.4, -0.2) is 111 Å². The minimum absolute atomic E-state index is 0.115. The van der Waals surface area contributed by atoms with Crippen molar-refractivity contribution < 1.29 is 29.0 Å². The van der Waals surface area contributed by atoms with E-state index in [-0.39, 0.29) is 38.4 Å². The number of benzene rings is 4. The molecule has 15 heteroatoms. The van der Waals surface area contributed by atoms with Crippen LogP contribution in [0.3, 0.4) is 0 Å². The SMILES string of the molecule is C[C@H]1C(=O)N[C@@H](CO)C(=O)N(C)CCCN(/C=C/Cc2ccc(Cl)cc2)C(=O)[C@H](Cc2ccccc2)CC(=O)N1Cc1ccc(Cl)cc1Oc1ccc(-c2cnc(CN(C)C)n2C)cc1. The molecule has 0 radical (unpaired) electrons. The Morgan fingerprint density at radius 3 is 2.28 bits per heavy atom. The Labute approximate surface area is 391 Å². The molecule has 13 nitrogen and oxygen atoms in total. The summed E-state index contributed by atoms with van der Waals surface area (Å²) in [5, 5.41) is 14.0. The minimum atomic E-state index is -1.26. The van der Waals surface area contributed by atoms with Gasteiger partial charge in [0.05, 0.1) is 37.5 Å². The van der Waals surface area contributed by atoms with Gasteiger partial charge < -0.3 is 39.3 Å². The topological polar surface area (TPSA) is 141 Å². The number of likely N-dealkylation sites (N-methyl/N-ethyl adjacent to an activating group) is 1. The molecule has 1 aromatic heterocycles. The third kappa shape index (κ3) is 13.1. The number of allylic oxidation sites excluding steroid dienone is 1. The highest BCUT2D eigenvalue weighted by atomic mass is 35.5. The summed E-state index contributed by atoms with van der Waals surface area (Å²) in [5.74, 6) is -0.935. The van der Waals surface area contributed by atoms with Crippen molar-refractivity contribution in [2.75, 3.05) is 40.8 Å². The molecular formula is C50H57Cl2N7O6. The van der Waals surface area contributed by atoms with E-state index in [9.17, 15) is 24.3 Å². The highest BCUT2D eigenvalue weighted by molar-refractivity contribution is 6.31. The smallest absolute Gasteiger partial charge is 0.247 e. The van der Waals surface area contributed by atoms with E-state index < -0.39 is 42.3 Å². The number of aliphatic hydroxyl groups excluding tert-OH is 1. The van der Waals surface area contributed by atoms with Crippen LogP contribution in [0.1, 0.15) is 42.3 Å². The van der Waals surface area contributed by atoms with Crippen molar-refractivity contribution in [3.8, 4) is 22.8 Å². The van der Waals surface area contributed by atoms with E-state index in [1.165, 1.54) is 9.80 Å². The molecule has 2 N–H and O–H groups in total. The van der Waals surface area contributed by atoms with Crippen LogP contribution in [0.4, 0.5) is 0 Å². The molecule has 4 aromatic carbocycles. The highest BCUT2D eigenvalue weighted by Gasteiger charge is 2.35. The fourth-order valence-corrected chi connectivity index (χ4v) is 8.01. The number of hydrogen-bond acceptors (Lipinski definition) is 8. The molecule has 0 saturated carbocycles. The third-order valence-corrected chi connectivity index (χ3v) is 11.9. The number of nitrogens with zero attached hydrogens (tertiary/aromatic N) is 6. The first-order valence-corrected chi connectivity index (χ1v) is 22.4. The van der Waals surface area contributed by atoms with Crippen molar-refractivity contribution in [1.82, 2.24) is 34.5 Å². The normalized spacial score (nSPS) is 18.3. The predicted molar refractivity (Wildman–Crippen MR) is 253 cm³/mol. The van der Waals surface area contributed by atoms with Gasteiger partial charge in [0, 0.05) is 61.0 Å². The van der Waals surface area contributed by atoms with Crippen LogP contribution in [0.25, 0.3) is 11.3 Å². The standard InChI is InChI=1S/C50H57Cl2N7O6/c1-34-48(62)54-43(33-60)50(64)56(4)24-10-26-58(25-9-13-35-14-19-40(51)20-15-35)49(63)39(27-36-11-7-6-8-12-36)28-47(61)59(34)31-38-16-21-41(52)29-45(38)65-42-22-17-37(18-23-42)44-30-53-46(57(44)5)32-55(2)3/h6-9,11-12,14-23,25,29-30,34,39,43,60H,10,13,24,26-28,31-33H2,1-5H3,(H,54,62)/b25-9+/t34-,39+,43-/m0/s1. The maximum Gasteiger partial charge on any atom is 0.247 e. The Hall–Kier alpha value is -5.99. The number of nitrogens with one attached hydrogen (secondary N) is 1. The van der Waals surface area contributed by atoms with Gasteiger partial charge in [-0.05, 0) is 99.9 Å². The third-order valence-electron chi connectivity index (χ3n) is 11.5. The molecule has 5 aromatic rings. The zero-order chi connectivity index (χ0) is 46.6. The Morgan fingerprint density at radius 2 is 1.58 bits per heavy atom. The largest absolute Gasteiger partial charge is 0.457 e. The van der Waals surface area contributed by atoms with Gasteiger partial charge in [-0.3, -0.25) is 19.2 Å². The van der Waals surface area contributed by atoms with Crippen molar-refractivity contribution in [1.29, 1.82) is 0 Å². The molecule has 0 unspecified atom stereocenters. The monoisotopic (exact) mass is 921 g/mol. The fourth-order valence-electron chi connectivity index (χ4n) is 7.72. The number of carbonyl (C=O) groups excluding carboxylic acids is 4. The van der Waals surface area contributed by atoms with E-state index in [2.05, 4.69) is 15.2 Å². The first-order chi connectivity index (χ1) is 31.2. The Kier molecular flexibility index (Phi) is 17.0. The number of amides is 4. The van der Waals surface area contributed by atoms with Gasteiger partial charge in [0.25, 0.3) is 0 Å². The second-order valence-electron chi connectivity index (χ2n) is 16.6. The van der Waals surface area contributed by atoms with Crippen LogP contribution < -0.4 is 10.1 Å². The van der Waals surface area contributed by atoms with Gasteiger partial charge in [0.2, 0.25) is 23.6 Å². The molecule has 0 bridgehead atoms. The summed E-state index contributed by atoms with van der Waals surface area (Å²) in [6.07, 6.45) is 6.41. The van der Waals surface area contributed by atoms with Crippen LogP contribution in [0.15, 0.2) is 116 Å². The Balaban J connectivity index is 1.33. The van der Waals surface area contributed by atoms with Gasteiger partial charge in [0.1, 0.15) is 29.4 Å². The van der Waals surface area contributed by atoms with Crippen molar-refractivity contribution >= 4 is 46.8 Å². The Bertz CT molecular complexity index is 2440. The summed E-state index contributed by atoms with van der Waals surface area (Å²) in [6, 6.07) is 27.1. The van der Waals surface area contributed by atoms with Gasteiger partial charge in [-0.2, -0.15) is 0 Å². The lowest BCUT2D eigenvalue weighted by Crippen LogP contribution is -2.55. The molecule has 4 amide bonds. The van der Waals surface area contributed by atoms with Crippen molar-refractivity contribution in [2.45, 2.75) is 57.8 Å². The maximum absolute atomic E-state index is 14.9. The first-order valence-electron chi connectivity index (χ1n) is 21.6. The Morgan fingerprint density at radius 1 is 0.877 bits per heavy atom.